The van der Waals surface area contributed by atoms with E-state index in [1.54, 1.807) is 6.20 Å². The van der Waals surface area contributed by atoms with E-state index in [1.165, 1.54) is 29.7 Å². The molecule has 5 nitrogen and oxygen atoms in total. The van der Waals surface area contributed by atoms with Crippen LogP contribution >= 0.6 is 0 Å². The van der Waals surface area contributed by atoms with Crippen molar-refractivity contribution in [3.05, 3.63) is 54.0 Å². The fraction of sp³-hybridized carbons (Fsp3) is 0.542. The van der Waals surface area contributed by atoms with Crippen molar-refractivity contribution in [1.29, 1.82) is 0 Å². The molecule has 1 aromatic carbocycles. The van der Waals surface area contributed by atoms with Gasteiger partial charge in [-0.15, -0.1) is 0 Å². The number of nitrogens with zero attached hydrogens (tertiary/aromatic N) is 3. The van der Waals surface area contributed by atoms with Crippen LogP contribution in [0.3, 0.4) is 0 Å². The van der Waals surface area contributed by atoms with Crippen LogP contribution in [-0.4, -0.2) is 40.3 Å². The van der Waals surface area contributed by atoms with Crippen LogP contribution in [0.15, 0.2) is 42.6 Å². The Morgan fingerprint density at radius 1 is 1.28 bits per heavy atom. The molecule has 0 spiro atoms. The third-order valence-corrected chi connectivity index (χ3v) is 6.33. The molecule has 4 rings (SSSR count). The Labute approximate surface area is 174 Å². The van der Waals surface area contributed by atoms with Crippen LogP contribution < -0.4 is 5.48 Å². The van der Waals surface area contributed by atoms with Gasteiger partial charge in [-0.2, -0.15) is 0 Å². The van der Waals surface area contributed by atoms with Crippen LogP contribution in [0, 0.1) is 17.3 Å². The number of rotatable bonds is 8. The Morgan fingerprint density at radius 2 is 2.10 bits per heavy atom. The zero-order valence-electron chi connectivity index (χ0n) is 18.1. The van der Waals surface area contributed by atoms with Gasteiger partial charge in [0.15, 0.2) is 0 Å². The SMILES string of the molecule is CN(C)CC(C)(C)Cn1c(C2CC3C=CC2C3)nc2cc(C/C=C/NO)ccc21. The highest BCUT2D eigenvalue weighted by Crippen LogP contribution is 2.49. The van der Waals surface area contributed by atoms with Crippen molar-refractivity contribution in [2.75, 3.05) is 20.6 Å². The van der Waals surface area contributed by atoms with E-state index in [1.807, 2.05) is 6.08 Å². The smallest absolute Gasteiger partial charge is 0.113 e. The quantitative estimate of drug-likeness (QED) is 0.517. The molecule has 29 heavy (non-hydrogen) atoms. The van der Waals surface area contributed by atoms with Crippen LogP contribution in [0.25, 0.3) is 11.0 Å². The van der Waals surface area contributed by atoms with Crippen LogP contribution in [0.4, 0.5) is 0 Å². The summed E-state index contributed by atoms with van der Waals surface area (Å²) in [4.78, 5) is 7.47. The summed E-state index contributed by atoms with van der Waals surface area (Å²) in [6.07, 6.45) is 11.6. The molecular formula is C24H34N4O. The second kappa shape index (κ2) is 7.96. The maximum Gasteiger partial charge on any atom is 0.113 e. The number of hydrogen-bond acceptors (Lipinski definition) is 4. The van der Waals surface area contributed by atoms with Crippen molar-refractivity contribution >= 4 is 11.0 Å². The largest absolute Gasteiger partial charge is 0.327 e. The van der Waals surface area contributed by atoms with E-state index >= 15 is 0 Å². The molecule has 5 heteroatoms. The minimum Gasteiger partial charge on any atom is -0.327 e. The molecule has 1 fully saturated rings. The first-order valence-electron chi connectivity index (χ1n) is 10.7. The topological polar surface area (TPSA) is 53.3 Å². The summed E-state index contributed by atoms with van der Waals surface area (Å²) in [5.74, 6) is 3.19. The second-order valence-corrected chi connectivity index (χ2v) is 9.90. The molecule has 2 aromatic rings. The second-order valence-electron chi connectivity index (χ2n) is 9.90. The number of aromatic nitrogens is 2. The predicted molar refractivity (Wildman–Crippen MR) is 118 cm³/mol. The zero-order chi connectivity index (χ0) is 20.6. The van der Waals surface area contributed by atoms with Gasteiger partial charge in [-0.25, -0.2) is 4.98 Å². The lowest BCUT2D eigenvalue weighted by atomic mass is 9.90. The van der Waals surface area contributed by atoms with Crippen LogP contribution in [-0.2, 0) is 13.0 Å². The van der Waals surface area contributed by atoms with E-state index in [2.05, 4.69) is 73.2 Å². The van der Waals surface area contributed by atoms with E-state index in [4.69, 9.17) is 10.2 Å². The maximum absolute atomic E-state index is 8.74. The van der Waals surface area contributed by atoms with Gasteiger partial charge < -0.3 is 9.47 Å². The number of allylic oxidation sites excluding steroid dienone is 3. The van der Waals surface area contributed by atoms with Crippen LogP contribution in [0.1, 0.15) is 44.0 Å². The van der Waals surface area contributed by atoms with Crippen molar-refractivity contribution in [3.63, 3.8) is 0 Å². The standard InChI is InChI=1S/C24H34N4O/c1-24(2,15-27(3)4)16-28-22-10-8-17(6-5-11-25-29)14-21(22)26-23(28)20-13-18-7-9-19(20)12-18/h5,7-11,14,18-20,25,29H,6,12-13,15-16H2,1-4H3/b11-5+. The van der Waals surface area contributed by atoms with Crippen molar-refractivity contribution in [1.82, 2.24) is 19.9 Å². The number of fused-ring (bicyclic) bond motifs is 3. The summed E-state index contributed by atoms with van der Waals surface area (Å²) >= 11 is 0. The van der Waals surface area contributed by atoms with E-state index < -0.39 is 0 Å². The molecular weight excluding hydrogens is 360 g/mol. The zero-order valence-corrected chi connectivity index (χ0v) is 18.1. The van der Waals surface area contributed by atoms with Gasteiger partial charge >= 0.3 is 0 Å². The van der Waals surface area contributed by atoms with Crippen LogP contribution in [0.5, 0.6) is 0 Å². The molecule has 3 atom stereocenters. The lowest BCUT2D eigenvalue weighted by Crippen LogP contribution is -2.33. The van der Waals surface area contributed by atoms with Gasteiger partial charge in [0.2, 0.25) is 0 Å². The van der Waals surface area contributed by atoms with Gasteiger partial charge in [0, 0.05) is 25.2 Å². The number of hydroxylamine groups is 1. The van der Waals surface area contributed by atoms with Crippen molar-refractivity contribution < 1.29 is 5.21 Å². The van der Waals surface area contributed by atoms with Gasteiger partial charge in [0.05, 0.1) is 11.0 Å². The molecule has 2 aliphatic carbocycles. The Hall–Kier alpha value is -2.11. The molecule has 1 aromatic heterocycles. The molecule has 1 heterocycles. The van der Waals surface area contributed by atoms with Crippen molar-refractivity contribution in [3.8, 4) is 0 Å². The predicted octanol–water partition coefficient (Wildman–Crippen LogP) is 4.34. The number of hydrogen-bond donors (Lipinski definition) is 2. The van der Waals surface area contributed by atoms with Gasteiger partial charge in [-0.1, -0.05) is 38.1 Å². The minimum atomic E-state index is 0.160. The Bertz CT molecular complexity index is 924. The van der Waals surface area contributed by atoms with Gasteiger partial charge in [0.1, 0.15) is 5.82 Å². The van der Waals surface area contributed by atoms with Gasteiger partial charge in [0.25, 0.3) is 0 Å². The van der Waals surface area contributed by atoms with Crippen LogP contribution in [0.2, 0.25) is 0 Å². The molecule has 2 aliphatic rings. The summed E-state index contributed by atoms with van der Waals surface area (Å²) in [6, 6.07) is 6.63. The first-order valence-corrected chi connectivity index (χ1v) is 10.7. The molecule has 2 bridgehead atoms. The summed E-state index contributed by atoms with van der Waals surface area (Å²) in [6.45, 7) is 6.72. The summed E-state index contributed by atoms with van der Waals surface area (Å²) in [5.41, 5.74) is 5.78. The minimum absolute atomic E-state index is 0.160. The number of benzene rings is 1. The molecule has 0 aliphatic heterocycles. The third kappa shape index (κ3) is 4.26. The summed E-state index contributed by atoms with van der Waals surface area (Å²) < 4.78 is 2.51. The normalized spacial score (nSPS) is 23.9. The summed E-state index contributed by atoms with van der Waals surface area (Å²) in [7, 11) is 4.30. The Kier molecular flexibility index (Phi) is 5.54. The fourth-order valence-electron chi connectivity index (χ4n) is 5.43. The molecule has 156 valence electrons. The van der Waals surface area contributed by atoms with Crippen molar-refractivity contribution in [2.24, 2.45) is 17.3 Å². The van der Waals surface area contributed by atoms with Crippen molar-refractivity contribution in [2.45, 2.75) is 45.6 Å². The molecule has 0 saturated heterocycles. The molecule has 0 amide bonds. The highest BCUT2D eigenvalue weighted by molar-refractivity contribution is 5.77. The van der Waals surface area contributed by atoms with E-state index in [9.17, 15) is 0 Å². The van der Waals surface area contributed by atoms with Gasteiger partial charge in [-0.3, -0.25) is 10.7 Å². The number of imidazole rings is 1. The monoisotopic (exact) mass is 394 g/mol. The highest BCUT2D eigenvalue weighted by atomic mass is 16.5. The summed E-state index contributed by atoms with van der Waals surface area (Å²) in [5, 5.41) is 8.74. The molecule has 1 saturated carbocycles. The average Bonchev–Trinajstić information content (AvgIpc) is 3.35. The Morgan fingerprint density at radius 3 is 2.76 bits per heavy atom. The van der Waals surface area contributed by atoms with Gasteiger partial charge in [-0.05, 0) is 68.3 Å². The molecule has 0 radical (unpaired) electrons. The van der Waals surface area contributed by atoms with E-state index in [0.717, 1.165) is 30.9 Å². The molecule has 3 unspecified atom stereocenters. The first-order chi connectivity index (χ1) is 13.9. The van der Waals surface area contributed by atoms with E-state index in [-0.39, 0.29) is 5.41 Å². The lowest BCUT2D eigenvalue weighted by Gasteiger charge is -2.31. The van der Waals surface area contributed by atoms with E-state index in [0.29, 0.717) is 11.8 Å². The lowest BCUT2D eigenvalue weighted by molar-refractivity contribution is 0.210. The third-order valence-electron chi connectivity index (χ3n) is 6.33. The molecule has 2 N–H and O–H groups in total. The highest BCUT2D eigenvalue weighted by Gasteiger charge is 2.39. The maximum atomic E-state index is 8.74. The first kappa shape index (κ1) is 20.2. The Balaban J connectivity index is 1.72. The fourth-order valence-corrected chi connectivity index (χ4v) is 5.43. The number of nitrogens with one attached hydrogen (secondary N) is 1. The average molecular weight is 395 g/mol.